The summed E-state index contributed by atoms with van der Waals surface area (Å²) in [5, 5.41) is 19.5. The van der Waals surface area contributed by atoms with Gasteiger partial charge in [0.15, 0.2) is 11.2 Å². The molecule has 2 N–H and O–H groups in total. The Hall–Kier alpha value is -2.01. The van der Waals surface area contributed by atoms with Gasteiger partial charge < -0.3 is 14.8 Å². The van der Waals surface area contributed by atoms with Crippen molar-refractivity contribution in [2.24, 2.45) is 14.1 Å². The Balaban J connectivity index is 1.70. The maximum Gasteiger partial charge on any atom is 0.332 e. The van der Waals surface area contributed by atoms with Gasteiger partial charge >= 0.3 is 5.69 Å². The second-order valence-electron chi connectivity index (χ2n) is 6.79. The van der Waals surface area contributed by atoms with Gasteiger partial charge in [-0.05, 0) is 0 Å². The molecule has 144 valence electrons. The average Bonchev–Trinajstić information content (AvgIpc) is 3.03. The van der Waals surface area contributed by atoms with Gasteiger partial charge in [0.2, 0.25) is 0 Å². The van der Waals surface area contributed by atoms with Crippen molar-refractivity contribution < 1.29 is 10.2 Å². The van der Waals surface area contributed by atoms with Crippen molar-refractivity contribution >= 4 is 11.2 Å². The lowest BCUT2D eigenvalue weighted by Gasteiger charge is -2.35. The molecule has 0 radical (unpaired) electrons. The van der Waals surface area contributed by atoms with E-state index in [2.05, 4.69) is 14.8 Å². The van der Waals surface area contributed by atoms with Crippen LogP contribution in [0.1, 0.15) is 0 Å². The Morgan fingerprint density at radius 3 is 2.38 bits per heavy atom. The monoisotopic (exact) mass is 366 g/mol. The average molecular weight is 366 g/mol. The van der Waals surface area contributed by atoms with E-state index in [9.17, 15) is 14.7 Å². The lowest BCUT2D eigenvalue weighted by molar-refractivity contribution is 0.0595. The van der Waals surface area contributed by atoms with Crippen LogP contribution in [0.15, 0.2) is 15.9 Å². The van der Waals surface area contributed by atoms with E-state index < -0.39 is 17.4 Å². The molecule has 0 bridgehead atoms. The smallest absolute Gasteiger partial charge is 0.332 e. The fourth-order valence-corrected chi connectivity index (χ4v) is 3.46. The van der Waals surface area contributed by atoms with Crippen LogP contribution in [0.5, 0.6) is 0 Å². The third-order valence-electron chi connectivity index (χ3n) is 4.97. The SMILES string of the molecule is Cn1c(=O)c2c(ncn2C[C@H](O)CN2CCN(CCO)CC2)n(C)c1=O. The highest BCUT2D eigenvalue weighted by atomic mass is 16.3. The number of hydrogen-bond acceptors (Lipinski definition) is 7. The van der Waals surface area contributed by atoms with Crippen molar-refractivity contribution in [1.82, 2.24) is 28.5 Å². The molecule has 10 heteroatoms. The Morgan fingerprint density at radius 1 is 1.08 bits per heavy atom. The molecule has 0 amide bonds. The summed E-state index contributed by atoms with van der Waals surface area (Å²) in [7, 11) is 3.01. The van der Waals surface area contributed by atoms with E-state index in [0.29, 0.717) is 24.3 Å². The molecular weight excluding hydrogens is 340 g/mol. The van der Waals surface area contributed by atoms with Crippen molar-refractivity contribution in [2.45, 2.75) is 12.6 Å². The topological polar surface area (TPSA) is 109 Å². The number of aromatic nitrogens is 4. The molecule has 26 heavy (non-hydrogen) atoms. The van der Waals surface area contributed by atoms with Gasteiger partial charge in [-0.15, -0.1) is 0 Å². The highest BCUT2D eigenvalue weighted by Gasteiger charge is 2.21. The number of aliphatic hydroxyl groups excluding tert-OH is 2. The predicted molar refractivity (Wildman–Crippen MR) is 96.2 cm³/mol. The standard InChI is InChI=1S/C16H26N6O4/c1-18-14-13(15(25)19(2)16(18)26)22(11-17-14)10-12(24)9-21-5-3-20(4-6-21)7-8-23/h11-12,23-24H,3-10H2,1-2H3/t12-/m1/s1. The molecule has 3 rings (SSSR count). The molecule has 0 saturated carbocycles. The fraction of sp³-hybridized carbons (Fsp3) is 0.688. The molecule has 1 aliphatic rings. The zero-order valence-electron chi connectivity index (χ0n) is 15.2. The molecule has 3 heterocycles. The van der Waals surface area contributed by atoms with Crippen molar-refractivity contribution in [3.8, 4) is 0 Å². The largest absolute Gasteiger partial charge is 0.395 e. The number of rotatable bonds is 6. The number of nitrogens with zero attached hydrogens (tertiary/aromatic N) is 6. The molecule has 1 saturated heterocycles. The molecule has 2 aromatic rings. The van der Waals surface area contributed by atoms with Crippen LogP contribution >= 0.6 is 0 Å². The molecule has 0 aliphatic carbocycles. The van der Waals surface area contributed by atoms with E-state index in [1.165, 1.54) is 17.9 Å². The fourth-order valence-electron chi connectivity index (χ4n) is 3.46. The summed E-state index contributed by atoms with van der Waals surface area (Å²) in [6, 6.07) is 0. The summed E-state index contributed by atoms with van der Waals surface area (Å²) in [6.07, 6.45) is 0.840. The van der Waals surface area contributed by atoms with E-state index >= 15 is 0 Å². The van der Waals surface area contributed by atoms with Crippen LogP contribution in [0.2, 0.25) is 0 Å². The van der Waals surface area contributed by atoms with Crippen LogP contribution in [0.3, 0.4) is 0 Å². The number of fused-ring (bicyclic) bond motifs is 1. The van der Waals surface area contributed by atoms with E-state index in [4.69, 9.17) is 5.11 Å². The normalized spacial score (nSPS) is 17.8. The molecule has 1 fully saturated rings. The first-order valence-corrected chi connectivity index (χ1v) is 8.77. The van der Waals surface area contributed by atoms with E-state index in [1.54, 1.807) is 11.6 Å². The van der Waals surface area contributed by atoms with Crippen LogP contribution in [0.4, 0.5) is 0 Å². The lowest BCUT2D eigenvalue weighted by atomic mass is 10.2. The quantitative estimate of drug-likeness (QED) is 0.577. The molecule has 0 unspecified atom stereocenters. The van der Waals surface area contributed by atoms with Crippen molar-refractivity contribution in [1.29, 1.82) is 0 Å². The molecule has 10 nitrogen and oxygen atoms in total. The highest BCUT2D eigenvalue weighted by Crippen LogP contribution is 2.08. The molecule has 1 atom stereocenters. The number of piperazine rings is 1. The minimum absolute atomic E-state index is 0.161. The summed E-state index contributed by atoms with van der Waals surface area (Å²) >= 11 is 0. The second-order valence-corrected chi connectivity index (χ2v) is 6.79. The van der Waals surface area contributed by atoms with Crippen molar-refractivity contribution in [3.05, 3.63) is 27.2 Å². The summed E-state index contributed by atoms with van der Waals surface area (Å²) < 4.78 is 4.00. The maximum absolute atomic E-state index is 12.4. The minimum Gasteiger partial charge on any atom is -0.395 e. The molecule has 0 spiro atoms. The van der Waals surface area contributed by atoms with Crippen LogP contribution in [-0.4, -0.2) is 90.7 Å². The van der Waals surface area contributed by atoms with Gasteiger partial charge in [-0.25, -0.2) is 9.78 Å². The number of β-amino-alcohol motifs (C(OH)–C–C–N with tert-alkyl or cyclic N) is 2. The maximum atomic E-state index is 12.4. The zero-order valence-corrected chi connectivity index (χ0v) is 15.2. The van der Waals surface area contributed by atoms with E-state index in [0.717, 1.165) is 30.7 Å². The lowest BCUT2D eigenvalue weighted by Crippen LogP contribution is -2.49. The number of imidazole rings is 1. The molecular formula is C16H26N6O4. The van der Waals surface area contributed by atoms with Crippen molar-refractivity contribution in [3.63, 3.8) is 0 Å². The van der Waals surface area contributed by atoms with Crippen LogP contribution in [0.25, 0.3) is 11.2 Å². The zero-order chi connectivity index (χ0) is 18.8. The molecule has 2 aromatic heterocycles. The van der Waals surface area contributed by atoms with Gasteiger partial charge in [-0.1, -0.05) is 0 Å². The van der Waals surface area contributed by atoms with E-state index in [-0.39, 0.29) is 13.2 Å². The van der Waals surface area contributed by atoms with Gasteiger partial charge in [-0.2, -0.15) is 0 Å². The first-order valence-electron chi connectivity index (χ1n) is 8.77. The Bertz CT molecular complexity index is 877. The minimum atomic E-state index is -0.654. The predicted octanol–water partition coefficient (Wildman–Crippen LogP) is -2.60. The van der Waals surface area contributed by atoms with Crippen molar-refractivity contribution in [2.75, 3.05) is 45.9 Å². The summed E-state index contributed by atoms with van der Waals surface area (Å²) in [5.74, 6) is 0. The van der Waals surface area contributed by atoms with Gasteiger partial charge in [0.25, 0.3) is 5.56 Å². The van der Waals surface area contributed by atoms with Crippen LogP contribution in [-0.2, 0) is 20.6 Å². The highest BCUT2D eigenvalue weighted by molar-refractivity contribution is 5.69. The Labute approximate surface area is 150 Å². The van der Waals surface area contributed by atoms with Crippen LogP contribution in [0, 0.1) is 0 Å². The first kappa shape index (κ1) is 18.8. The van der Waals surface area contributed by atoms with Gasteiger partial charge in [0, 0.05) is 53.4 Å². The molecule has 1 aliphatic heterocycles. The molecule has 0 aromatic carbocycles. The second kappa shape index (κ2) is 7.70. The summed E-state index contributed by atoms with van der Waals surface area (Å²) in [5.41, 5.74) is -0.191. The Morgan fingerprint density at radius 2 is 1.73 bits per heavy atom. The number of aliphatic hydroxyl groups is 2. The first-order chi connectivity index (χ1) is 12.4. The van der Waals surface area contributed by atoms with Gasteiger partial charge in [0.05, 0.1) is 25.6 Å². The summed E-state index contributed by atoms with van der Waals surface area (Å²) in [4.78, 5) is 32.9. The third kappa shape index (κ3) is 3.58. The number of aryl methyl sites for hydroxylation is 1. The van der Waals surface area contributed by atoms with Crippen LogP contribution < -0.4 is 11.2 Å². The van der Waals surface area contributed by atoms with Gasteiger partial charge in [0.1, 0.15) is 0 Å². The van der Waals surface area contributed by atoms with Gasteiger partial charge in [-0.3, -0.25) is 23.7 Å². The number of hydrogen-bond donors (Lipinski definition) is 2. The van der Waals surface area contributed by atoms with E-state index in [1.807, 2.05) is 0 Å². The third-order valence-corrected chi connectivity index (χ3v) is 4.97. The summed E-state index contributed by atoms with van der Waals surface area (Å²) in [6.45, 7) is 4.97. The Kier molecular flexibility index (Phi) is 5.56.